The number of pyridine rings is 2. The Morgan fingerprint density at radius 2 is 1.81 bits per heavy atom. The SMILES string of the molecule is CBr.CC.CC.O=C1OCc2c(cc3n(c2=O)Cc2cc4c(Br)cccc4nc2-3)C1O. The monoisotopic (exact) mass is 552 g/mol. The molecule has 0 bridgehead atoms. The zero-order valence-corrected chi connectivity index (χ0v) is 21.4. The number of halogens is 2. The van der Waals surface area contributed by atoms with Gasteiger partial charge < -0.3 is 14.4 Å². The van der Waals surface area contributed by atoms with E-state index in [1.165, 1.54) is 0 Å². The molecule has 6 nitrogen and oxygen atoms in total. The van der Waals surface area contributed by atoms with Gasteiger partial charge in [-0.05, 0) is 30.1 Å². The Kier molecular flexibility index (Phi) is 8.97. The Morgan fingerprint density at radius 1 is 1.13 bits per heavy atom. The van der Waals surface area contributed by atoms with E-state index in [2.05, 4.69) is 31.9 Å². The summed E-state index contributed by atoms with van der Waals surface area (Å²) in [6, 6.07) is 9.46. The van der Waals surface area contributed by atoms with E-state index in [4.69, 9.17) is 9.72 Å². The molecular weight excluding hydrogens is 528 g/mol. The molecule has 0 amide bonds. The highest BCUT2D eigenvalue weighted by atomic mass is 79.9. The molecule has 2 aliphatic heterocycles. The maximum Gasteiger partial charge on any atom is 0.340 e. The lowest BCUT2D eigenvalue weighted by Crippen LogP contribution is -2.32. The number of cyclic esters (lactones) is 1. The third kappa shape index (κ3) is 4.47. The van der Waals surface area contributed by atoms with Crippen LogP contribution in [0.3, 0.4) is 0 Å². The molecule has 0 saturated heterocycles. The van der Waals surface area contributed by atoms with Gasteiger partial charge >= 0.3 is 5.97 Å². The zero-order chi connectivity index (χ0) is 23.3. The highest BCUT2D eigenvalue weighted by Crippen LogP contribution is 2.36. The Balaban J connectivity index is 0.000000527. The zero-order valence-electron chi connectivity index (χ0n) is 18.2. The van der Waals surface area contributed by atoms with Crippen LogP contribution in [-0.4, -0.2) is 26.5 Å². The van der Waals surface area contributed by atoms with E-state index in [1.54, 1.807) is 10.6 Å². The number of aliphatic hydroxyl groups excluding tert-OH is 1. The highest BCUT2D eigenvalue weighted by Gasteiger charge is 2.33. The van der Waals surface area contributed by atoms with Crippen molar-refractivity contribution in [3.63, 3.8) is 0 Å². The van der Waals surface area contributed by atoms with Gasteiger partial charge in [-0.2, -0.15) is 0 Å². The standard InChI is InChI=1S/C18H11BrN2O4.2C2H6.CH3Br/c19-12-2-1-3-13-10(12)4-8-6-21-14(15(8)20-13)5-9-11(17(21)23)7-25-18(24)16(9)22;3*1-2/h1-5,16,22H,6-7H2;2*1-2H3;1H3. The molecule has 166 valence electrons. The molecule has 1 atom stereocenters. The summed E-state index contributed by atoms with van der Waals surface area (Å²) < 4.78 is 7.45. The number of aromatic nitrogens is 2. The Labute approximate surface area is 198 Å². The number of carbonyl (C=O) groups is 1. The Morgan fingerprint density at radius 3 is 2.48 bits per heavy atom. The second kappa shape index (κ2) is 11.0. The first kappa shape index (κ1) is 25.2. The van der Waals surface area contributed by atoms with E-state index in [0.717, 1.165) is 20.9 Å². The number of carbonyl (C=O) groups excluding carboxylic acids is 1. The lowest BCUT2D eigenvalue weighted by molar-refractivity contribution is -0.157. The van der Waals surface area contributed by atoms with Gasteiger partial charge in [0.15, 0.2) is 6.10 Å². The first-order valence-corrected chi connectivity index (χ1v) is 12.5. The van der Waals surface area contributed by atoms with Crippen molar-refractivity contribution < 1.29 is 14.6 Å². The lowest BCUT2D eigenvalue weighted by atomic mass is 10.0. The molecule has 1 N–H and O–H groups in total. The summed E-state index contributed by atoms with van der Waals surface area (Å²) in [7, 11) is 0. The van der Waals surface area contributed by atoms with Crippen LogP contribution < -0.4 is 5.56 Å². The lowest BCUT2D eigenvalue weighted by Gasteiger charge is -2.21. The predicted molar refractivity (Wildman–Crippen MR) is 131 cm³/mol. The minimum absolute atomic E-state index is 0.109. The van der Waals surface area contributed by atoms with Gasteiger partial charge in [-0.25, -0.2) is 9.78 Å². The number of ether oxygens (including phenoxy) is 1. The summed E-state index contributed by atoms with van der Waals surface area (Å²) >= 11 is 6.47. The summed E-state index contributed by atoms with van der Waals surface area (Å²) in [4.78, 5) is 29.1. The van der Waals surface area contributed by atoms with Gasteiger partial charge in [-0.15, -0.1) is 0 Å². The minimum Gasteiger partial charge on any atom is -0.458 e. The maximum atomic E-state index is 12.8. The van der Waals surface area contributed by atoms with Crippen LogP contribution in [0, 0.1) is 0 Å². The fraction of sp³-hybridized carbons (Fsp3) is 0.348. The van der Waals surface area contributed by atoms with Crippen LogP contribution >= 0.6 is 31.9 Å². The van der Waals surface area contributed by atoms with Crippen molar-refractivity contribution in [2.45, 2.75) is 47.0 Å². The van der Waals surface area contributed by atoms with Crippen molar-refractivity contribution in [2.75, 3.05) is 5.83 Å². The number of esters is 1. The molecule has 0 aliphatic carbocycles. The fourth-order valence-corrected chi connectivity index (χ4v) is 3.98. The summed E-state index contributed by atoms with van der Waals surface area (Å²) in [6.07, 6.45) is -1.43. The highest BCUT2D eigenvalue weighted by molar-refractivity contribution is 9.10. The van der Waals surface area contributed by atoms with Gasteiger partial charge in [-0.1, -0.05) is 65.6 Å². The molecule has 5 rings (SSSR count). The van der Waals surface area contributed by atoms with E-state index in [-0.39, 0.29) is 12.2 Å². The number of rotatable bonds is 0. The number of aliphatic hydroxyl groups is 1. The normalized spacial score (nSPS) is 15.0. The topological polar surface area (TPSA) is 81.4 Å². The summed E-state index contributed by atoms with van der Waals surface area (Å²) in [6.45, 7) is 8.30. The van der Waals surface area contributed by atoms with Crippen molar-refractivity contribution in [2.24, 2.45) is 0 Å². The number of hydrogen-bond donors (Lipinski definition) is 1. The molecule has 0 saturated carbocycles. The smallest absolute Gasteiger partial charge is 0.340 e. The molecule has 0 fully saturated rings. The van der Waals surface area contributed by atoms with Crippen molar-refractivity contribution in [3.05, 3.63) is 61.8 Å². The minimum atomic E-state index is -1.43. The molecular formula is C23H26Br2N2O4. The molecule has 3 aromatic rings. The fourth-order valence-electron chi connectivity index (χ4n) is 3.51. The first-order valence-electron chi connectivity index (χ1n) is 10.1. The molecule has 2 aromatic heterocycles. The molecule has 0 spiro atoms. The number of alkyl halides is 1. The van der Waals surface area contributed by atoms with Crippen LogP contribution in [0.1, 0.15) is 50.5 Å². The molecule has 1 unspecified atom stereocenters. The van der Waals surface area contributed by atoms with Gasteiger partial charge in [0.05, 0.1) is 29.0 Å². The van der Waals surface area contributed by atoms with Crippen LogP contribution in [0.4, 0.5) is 0 Å². The molecule has 2 aliphatic rings. The number of hydrogen-bond acceptors (Lipinski definition) is 5. The first-order chi connectivity index (χ1) is 15.0. The molecule has 4 heterocycles. The molecule has 1 aromatic carbocycles. The van der Waals surface area contributed by atoms with Crippen molar-refractivity contribution in [1.29, 1.82) is 0 Å². The molecule has 0 radical (unpaired) electrons. The molecule has 8 heteroatoms. The van der Waals surface area contributed by atoms with Gasteiger partial charge in [0.1, 0.15) is 6.61 Å². The van der Waals surface area contributed by atoms with Crippen molar-refractivity contribution >= 4 is 48.7 Å². The number of benzene rings is 1. The molecule has 31 heavy (non-hydrogen) atoms. The van der Waals surface area contributed by atoms with Crippen LogP contribution in [0.2, 0.25) is 0 Å². The van der Waals surface area contributed by atoms with Gasteiger partial charge in [0.2, 0.25) is 0 Å². The van der Waals surface area contributed by atoms with Gasteiger partial charge in [0, 0.05) is 21.0 Å². The summed E-state index contributed by atoms with van der Waals surface area (Å²) in [5, 5.41) is 11.1. The van der Waals surface area contributed by atoms with E-state index in [1.807, 2.05) is 57.8 Å². The average Bonchev–Trinajstić information content (AvgIpc) is 3.18. The Bertz CT molecular complexity index is 1160. The van der Waals surface area contributed by atoms with Crippen LogP contribution in [0.15, 0.2) is 39.6 Å². The second-order valence-electron chi connectivity index (χ2n) is 6.17. The third-order valence-electron chi connectivity index (χ3n) is 4.77. The van der Waals surface area contributed by atoms with E-state index in [9.17, 15) is 14.7 Å². The van der Waals surface area contributed by atoms with E-state index in [0.29, 0.717) is 29.1 Å². The van der Waals surface area contributed by atoms with Crippen molar-refractivity contribution in [1.82, 2.24) is 9.55 Å². The van der Waals surface area contributed by atoms with E-state index >= 15 is 0 Å². The largest absolute Gasteiger partial charge is 0.458 e. The van der Waals surface area contributed by atoms with Crippen LogP contribution in [0.5, 0.6) is 0 Å². The van der Waals surface area contributed by atoms with Crippen LogP contribution in [-0.2, 0) is 22.7 Å². The summed E-state index contributed by atoms with van der Waals surface area (Å²) in [5.74, 6) is 1.08. The second-order valence-corrected chi connectivity index (χ2v) is 7.02. The Hall–Kier alpha value is -2.03. The average molecular weight is 554 g/mol. The van der Waals surface area contributed by atoms with Gasteiger partial charge in [-0.3, -0.25) is 4.79 Å². The maximum absolute atomic E-state index is 12.8. The van der Waals surface area contributed by atoms with Crippen molar-refractivity contribution in [3.8, 4) is 11.4 Å². The third-order valence-corrected chi connectivity index (χ3v) is 5.46. The van der Waals surface area contributed by atoms with Gasteiger partial charge in [0.25, 0.3) is 5.56 Å². The summed E-state index contributed by atoms with van der Waals surface area (Å²) in [5.41, 5.74) is 3.46. The van der Waals surface area contributed by atoms with E-state index < -0.39 is 12.1 Å². The number of nitrogens with zero attached hydrogens (tertiary/aromatic N) is 2. The predicted octanol–water partition coefficient (Wildman–Crippen LogP) is 5.34. The van der Waals surface area contributed by atoms with Crippen LogP contribution in [0.25, 0.3) is 22.3 Å². The number of fused-ring (bicyclic) bond motifs is 5. The quantitative estimate of drug-likeness (QED) is 0.235.